The molecule has 14 heavy (non-hydrogen) atoms. The van der Waals surface area contributed by atoms with Crippen LogP contribution in [-0.4, -0.2) is 6.08 Å². The molecule has 0 heterocycles. The van der Waals surface area contributed by atoms with E-state index in [1.54, 1.807) is 12.1 Å². The Hall–Kier alpha value is -0.990. The smallest absolute Gasteiger partial charge is 0.211 e. The van der Waals surface area contributed by atoms with Crippen LogP contribution in [0.15, 0.2) is 27.7 Å². The SMILES string of the molecule is O=C=NC1(c2cc(F)cc(Br)c2)CC1. The van der Waals surface area contributed by atoms with Gasteiger partial charge in [-0.25, -0.2) is 9.18 Å². The highest BCUT2D eigenvalue weighted by Crippen LogP contribution is 2.49. The lowest BCUT2D eigenvalue weighted by Gasteiger charge is -2.08. The maximum absolute atomic E-state index is 13.1. The highest BCUT2D eigenvalue weighted by molar-refractivity contribution is 9.10. The summed E-state index contributed by atoms with van der Waals surface area (Å²) in [4.78, 5) is 13.9. The van der Waals surface area contributed by atoms with Crippen molar-refractivity contribution in [3.05, 3.63) is 34.1 Å². The minimum absolute atomic E-state index is 0.318. The van der Waals surface area contributed by atoms with E-state index in [1.165, 1.54) is 12.1 Å². The number of halogens is 2. The summed E-state index contributed by atoms with van der Waals surface area (Å²) in [6.07, 6.45) is 3.12. The third-order valence-corrected chi connectivity index (χ3v) is 2.84. The van der Waals surface area contributed by atoms with Crippen molar-refractivity contribution in [1.82, 2.24) is 0 Å². The minimum atomic E-state index is -0.494. The molecule has 0 saturated heterocycles. The molecule has 0 N–H and O–H groups in total. The van der Waals surface area contributed by atoms with E-state index in [0.717, 1.165) is 18.4 Å². The second-order valence-corrected chi connectivity index (χ2v) is 4.31. The molecule has 2 rings (SSSR count). The Balaban J connectivity index is 2.46. The van der Waals surface area contributed by atoms with Crippen molar-refractivity contribution < 1.29 is 9.18 Å². The maximum atomic E-state index is 13.1. The van der Waals surface area contributed by atoms with Crippen LogP contribution in [0.1, 0.15) is 18.4 Å². The van der Waals surface area contributed by atoms with Crippen molar-refractivity contribution in [2.75, 3.05) is 0 Å². The van der Waals surface area contributed by atoms with Crippen LogP contribution in [0, 0.1) is 5.82 Å². The standard InChI is InChI=1S/C10H7BrFNO/c11-8-3-7(4-9(12)5-8)10(1-2-10)13-6-14/h3-5H,1-2H2. The predicted molar refractivity (Wildman–Crippen MR) is 53.1 cm³/mol. The molecular formula is C10H7BrFNO. The van der Waals surface area contributed by atoms with E-state index in [-0.39, 0.29) is 5.82 Å². The van der Waals surface area contributed by atoms with Crippen molar-refractivity contribution in [2.24, 2.45) is 4.99 Å². The zero-order chi connectivity index (χ0) is 10.2. The largest absolute Gasteiger partial charge is 0.235 e. The zero-order valence-corrected chi connectivity index (χ0v) is 8.84. The van der Waals surface area contributed by atoms with E-state index in [9.17, 15) is 9.18 Å². The van der Waals surface area contributed by atoms with Gasteiger partial charge in [0.05, 0.1) is 5.54 Å². The van der Waals surface area contributed by atoms with Crippen molar-refractivity contribution in [3.8, 4) is 0 Å². The van der Waals surface area contributed by atoms with Crippen molar-refractivity contribution in [1.29, 1.82) is 0 Å². The van der Waals surface area contributed by atoms with Crippen LogP contribution in [0.5, 0.6) is 0 Å². The van der Waals surface area contributed by atoms with Gasteiger partial charge in [-0.2, -0.15) is 4.99 Å². The second kappa shape index (κ2) is 3.30. The Morgan fingerprint density at radius 2 is 2.14 bits per heavy atom. The number of aliphatic imine (C=N–C) groups is 1. The van der Waals surface area contributed by atoms with Gasteiger partial charge in [0.2, 0.25) is 6.08 Å². The number of hydrogen-bond donors (Lipinski definition) is 0. The summed E-state index contributed by atoms with van der Waals surface area (Å²) >= 11 is 3.20. The van der Waals surface area contributed by atoms with Gasteiger partial charge >= 0.3 is 0 Å². The van der Waals surface area contributed by atoms with Crippen molar-refractivity contribution in [2.45, 2.75) is 18.4 Å². The topological polar surface area (TPSA) is 29.4 Å². The third-order valence-electron chi connectivity index (χ3n) is 2.38. The molecule has 0 unspecified atom stereocenters. The maximum Gasteiger partial charge on any atom is 0.235 e. The summed E-state index contributed by atoms with van der Waals surface area (Å²) in [5, 5.41) is 0. The number of benzene rings is 1. The number of rotatable bonds is 2. The lowest BCUT2D eigenvalue weighted by atomic mass is 10.1. The lowest BCUT2D eigenvalue weighted by Crippen LogP contribution is -2.02. The van der Waals surface area contributed by atoms with E-state index < -0.39 is 5.54 Å². The Kier molecular flexibility index (Phi) is 2.25. The van der Waals surface area contributed by atoms with Gasteiger partial charge in [0.25, 0.3) is 0 Å². The molecule has 1 aliphatic carbocycles. The Morgan fingerprint density at radius 3 is 2.64 bits per heavy atom. The van der Waals surface area contributed by atoms with Crippen molar-refractivity contribution >= 4 is 22.0 Å². The average Bonchev–Trinajstić information content (AvgIpc) is 2.84. The fraction of sp³-hybridized carbons (Fsp3) is 0.300. The highest BCUT2D eigenvalue weighted by atomic mass is 79.9. The van der Waals surface area contributed by atoms with Gasteiger partial charge in [-0.1, -0.05) is 15.9 Å². The van der Waals surface area contributed by atoms with Gasteiger partial charge in [0, 0.05) is 4.47 Å². The molecule has 0 aromatic heterocycles. The molecule has 4 heteroatoms. The lowest BCUT2D eigenvalue weighted by molar-refractivity contribution is 0.555. The summed E-state index contributed by atoms with van der Waals surface area (Å²) in [5.41, 5.74) is 0.250. The first-order valence-electron chi connectivity index (χ1n) is 4.22. The third kappa shape index (κ3) is 1.63. The number of nitrogens with zero attached hydrogens (tertiary/aromatic N) is 1. The molecule has 1 aromatic carbocycles. The molecule has 0 atom stereocenters. The number of hydrogen-bond acceptors (Lipinski definition) is 2. The van der Waals surface area contributed by atoms with Gasteiger partial charge in [0.1, 0.15) is 5.82 Å². The van der Waals surface area contributed by atoms with E-state index in [2.05, 4.69) is 20.9 Å². The van der Waals surface area contributed by atoms with Crippen molar-refractivity contribution in [3.63, 3.8) is 0 Å². The molecular weight excluding hydrogens is 249 g/mol. The van der Waals surface area contributed by atoms with Crippen LogP contribution in [0.4, 0.5) is 4.39 Å². The molecule has 0 amide bonds. The molecule has 1 aromatic rings. The summed E-state index contributed by atoms with van der Waals surface area (Å²) in [7, 11) is 0. The second-order valence-electron chi connectivity index (χ2n) is 3.39. The first-order chi connectivity index (χ1) is 6.66. The van der Waals surface area contributed by atoms with Gasteiger partial charge in [-0.3, -0.25) is 0 Å². The fourth-order valence-electron chi connectivity index (χ4n) is 1.49. The zero-order valence-electron chi connectivity index (χ0n) is 7.26. The molecule has 0 spiro atoms. The van der Waals surface area contributed by atoms with Crippen LogP contribution in [0.2, 0.25) is 0 Å². The van der Waals surface area contributed by atoms with E-state index in [1.807, 2.05) is 0 Å². The Labute approximate surface area is 89.0 Å². The minimum Gasteiger partial charge on any atom is -0.211 e. The van der Waals surface area contributed by atoms with Crippen LogP contribution in [-0.2, 0) is 10.3 Å². The summed E-state index contributed by atoms with van der Waals surface area (Å²) in [6, 6.07) is 4.58. The summed E-state index contributed by atoms with van der Waals surface area (Å²) in [5.74, 6) is -0.318. The van der Waals surface area contributed by atoms with Crippen LogP contribution in [0.25, 0.3) is 0 Å². The summed E-state index contributed by atoms with van der Waals surface area (Å²) < 4.78 is 13.7. The van der Waals surface area contributed by atoms with Crippen LogP contribution >= 0.6 is 15.9 Å². The van der Waals surface area contributed by atoms with Gasteiger partial charge in [0.15, 0.2) is 0 Å². The Bertz CT molecular complexity index is 402. The fourth-order valence-corrected chi connectivity index (χ4v) is 1.96. The van der Waals surface area contributed by atoms with Crippen LogP contribution in [0.3, 0.4) is 0 Å². The average molecular weight is 256 g/mol. The first kappa shape index (κ1) is 9.56. The van der Waals surface area contributed by atoms with Gasteiger partial charge < -0.3 is 0 Å². The monoisotopic (exact) mass is 255 g/mol. The highest BCUT2D eigenvalue weighted by Gasteiger charge is 2.45. The molecule has 0 bridgehead atoms. The van der Waals surface area contributed by atoms with Gasteiger partial charge in [-0.15, -0.1) is 0 Å². The summed E-state index contributed by atoms with van der Waals surface area (Å²) in [6.45, 7) is 0. The van der Waals surface area contributed by atoms with E-state index in [0.29, 0.717) is 4.47 Å². The van der Waals surface area contributed by atoms with E-state index >= 15 is 0 Å². The number of isocyanates is 1. The normalized spacial score (nSPS) is 17.3. The number of carbonyl (C=O) groups excluding carboxylic acids is 1. The first-order valence-corrected chi connectivity index (χ1v) is 5.01. The molecule has 1 fully saturated rings. The molecule has 1 aliphatic rings. The van der Waals surface area contributed by atoms with Gasteiger partial charge in [-0.05, 0) is 36.6 Å². The van der Waals surface area contributed by atoms with E-state index in [4.69, 9.17) is 0 Å². The molecule has 2 nitrogen and oxygen atoms in total. The van der Waals surface area contributed by atoms with Crippen LogP contribution < -0.4 is 0 Å². The predicted octanol–water partition coefficient (Wildman–Crippen LogP) is 2.91. The quantitative estimate of drug-likeness (QED) is 0.590. The molecule has 0 aliphatic heterocycles. The molecule has 0 radical (unpaired) electrons. The Morgan fingerprint density at radius 1 is 1.43 bits per heavy atom. The molecule has 1 saturated carbocycles. The molecule has 72 valence electrons.